The first-order chi connectivity index (χ1) is 19.9. The van der Waals surface area contributed by atoms with E-state index in [1.807, 2.05) is 19.2 Å². The van der Waals surface area contributed by atoms with Crippen LogP contribution in [0.15, 0.2) is 76.1 Å². The van der Waals surface area contributed by atoms with Crippen molar-refractivity contribution in [2.24, 2.45) is 4.99 Å². The van der Waals surface area contributed by atoms with E-state index in [1.54, 1.807) is 18.9 Å². The maximum absolute atomic E-state index is 12.5. The molecule has 10 heteroatoms. The smallest absolute Gasteiger partial charge is 0.247 e. The van der Waals surface area contributed by atoms with Gasteiger partial charge >= 0.3 is 0 Å². The maximum Gasteiger partial charge on any atom is 0.247 e. The van der Waals surface area contributed by atoms with Crippen molar-refractivity contribution in [2.45, 2.75) is 37.3 Å². The van der Waals surface area contributed by atoms with Crippen LogP contribution in [0.1, 0.15) is 25.3 Å². The molecule has 2 unspecified atom stereocenters. The Bertz CT molecular complexity index is 1460. The van der Waals surface area contributed by atoms with Gasteiger partial charge < -0.3 is 36.2 Å². The van der Waals surface area contributed by atoms with Gasteiger partial charge in [0.15, 0.2) is 0 Å². The standard InChI is InChI=1S/C31H37N7O2S/c1-5-27(39)34-23-16-24(26(40-4)17-25(23)38-13-10-19(32-3)11-14-38)36-30-35-22-12-15-41-28(22)29(37-30)31(2)18-33-21-9-7-6-8-20(21)31/h5-9,12,15-17,19,22,32-33H,1,10-11,13-14,18H2,2-4H3,(H,34,39)(H2,35,36,37). The molecule has 0 spiro atoms. The van der Waals surface area contributed by atoms with Crippen molar-refractivity contribution in [1.82, 2.24) is 10.6 Å². The Balaban J connectivity index is 1.36. The molecular weight excluding hydrogens is 534 g/mol. The largest absolute Gasteiger partial charge is 0.494 e. The first-order valence-corrected chi connectivity index (χ1v) is 14.9. The van der Waals surface area contributed by atoms with Gasteiger partial charge in [-0.3, -0.25) is 4.79 Å². The normalized spacial score (nSPS) is 23.2. The van der Waals surface area contributed by atoms with Crippen molar-refractivity contribution in [2.75, 3.05) is 54.6 Å². The van der Waals surface area contributed by atoms with Crippen LogP contribution < -0.4 is 36.2 Å². The fourth-order valence-electron chi connectivity index (χ4n) is 6.09. The van der Waals surface area contributed by atoms with E-state index in [1.165, 1.54) is 16.5 Å². The van der Waals surface area contributed by atoms with Gasteiger partial charge in [-0.15, -0.1) is 0 Å². The minimum absolute atomic E-state index is 0.0262. The third kappa shape index (κ3) is 5.06. The van der Waals surface area contributed by atoms with E-state index in [9.17, 15) is 4.79 Å². The number of fused-ring (bicyclic) bond motifs is 2. The molecule has 9 nitrogen and oxygen atoms in total. The SMILES string of the molecule is C=CC(=O)Nc1cc(NC2=NC(C3(C)CNc4ccccc43)=C3SC=CC3N2)c(OC)cc1N1CCC(NC)CC1. The van der Waals surface area contributed by atoms with Crippen molar-refractivity contribution in [1.29, 1.82) is 0 Å². The number of para-hydroxylation sites is 1. The van der Waals surface area contributed by atoms with Crippen LogP contribution in [0.2, 0.25) is 0 Å². The van der Waals surface area contributed by atoms with E-state index < -0.39 is 0 Å². The summed E-state index contributed by atoms with van der Waals surface area (Å²) in [5.74, 6) is 1.04. The lowest BCUT2D eigenvalue weighted by molar-refractivity contribution is -0.111. The van der Waals surface area contributed by atoms with Crippen LogP contribution in [0.5, 0.6) is 5.75 Å². The number of benzene rings is 2. The molecule has 6 rings (SSSR count). The Morgan fingerprint density at radius 1 is 1.24 bits per heavy atom. The van der Waals surface area contributed by atoms with Gasteiger partial charge in [-0.2, -0.15) is 0 Å². The molecule has 4 aliphatic heterocycles. The molecule has 4 aliphatic rings. The highest BCUT2D eigenvalue weighted by molar-refractivity contribution is 8.06. The number of methoxy groups -OCH3 is 1. The van der Waals surface area contributed by atoms with Gasteiger partial charge in [-0.25, -0.2) is 4.99 Å². The molecule has 1 fully saturated rings. The van der Waals surface area contributed by atoms with Crippen molar-refractivity contribution in [3.8, 4) is 5.75 Å². The molecule has 2 aromatic carbocycles. The zero-order chi connectivity index (χ0) is 28.6. The number of amides is 1. The van der Waals surface area contributed by atoms with Gasteiger partial charge in [0.2, 0.25) is 11.9 Å². The van der Waals surface area contributed by atoms with E-state index in [2.05, 4.69) is 80.7 Å². The third-order valence-corrected chi connectivity index (χ3v) is 9.43. The van der Waals surface area contributed by atoms with Gasteiger partial charge in [0, 0.05) is 42.3 Å². The summed E-state index contributed by atoms with van der Waals surface area (Å²) in [7, 11) is 3.67. The fourth-order valence-corrected chi connectivity index (χ4v) is 7.14. The van der Waals surface area contributed by atoms with Crippen LogP contribution in [0.3, 0.4) is 0 Å². The summed E-state index contributed by atoms with van der Waals surface area (Å²) in [4.78, 5) is 21.1. The minimum Gasteiger partial charge on any atom is -0.494 e. The van der Waals surface area contributed by atoms with E-state index in [0.29, 0.717) is 29.1 Å². The van der Waals surface area contributed by atoms with Crippen LogP contribution in [-0.4, -0.2) is 57.7 Å². The van der Waals surface area contributed by atoms with E-state index in [-0.39, 0.29) is 17.4 Å². The van der Waals surface area contributed by atoms with Crippen LogP contribution >= 0.6 is 11.8 Å². The van der Waals surface area contributed by atoms with Crippen molar-refractivity contribution in [3.05, 3.63) is 76.7 Å². The number of guanidine groups is 1. The second kappa shape index (κ2) is 11.2. The van der Waals surface area contributed by atoms with Crippen LogP contribution in [0.25, 0.3) is 0 Å². The lowest BCUT2D eigenvalue weighted by atomic mass is 9.80. The van der Waals surface area contributed by atoms with Crippen molar-refractivity contribution >= 4 is 46.4 Å². The van der Waals surface area contributed by atoms with E-state index in [4.69, 9.17) is 9.73 Å². The Kier molecular flexibility index (Phi) is 7.44. The van der Waals surface area contributed by atoms with Crippen LogP contribution in [0.4, 0.5) is 22.7 Å². The predicted molar refractivity (Wildman–Crippen MR) is 170 cm³/mol. The Hall–Kier alpha value is -3.89. The maximum atomic E-state index is 12.5. The first-order valence-electron chi connectivity index (χ1n) is 14.0. The Morgan fingerprint density at radius 2 is 2.05 bits per heavy atom. The van der Waals surface area contributed by atoms with Gasteiger partial charge in [0.25, 0.3) is 0 Å². The highest BCUT2D eigenvalue weighted by Gasteiger charge is 2.43. The Labute approximate surface area is 245 Å². The molecule has 0 radical (unpaired) electrons. The minimum atomic E-state index is -0.283. The van der Waals surface area contributed by atoms with Gasteiger partial charge in [0.1, 0.15) is 5.75 Å². The lowest BCUT2D eigenvalue weighted by Crippen LogP contribution is -2.44. The molecule has 4 heterocycles. The molecular formula is C31H37N7O2S. The quantitative estimate of drug-likeness (QED) is 0.308. The van der Waals surface area contributed by atoms with E-state index >= 15 is 0 Å². The highest BCUT2D eigenvalue weighted by atomic mass is 32.2. The molecule has 0 aromatic heterocycles. The Morgan fingerprint density at radius 3 is 2.80 bits per heavy atom. The summed E-state index contributed by atoms with van der Waals surface area (Å²) in [5.41, 5.74) is 5.49. The molecule has 5 N–H and O–H groups in total. The highest BCUT2D eigenvalue weighted by Crippen LogP contribution is 2.48. The number of anilines is 4. The van der Waals surface area contributed by atoms with Crippen LogP contribution in [-0.2, 0) is 10.2 Å². The number of aliphatic imine (C=N–C) groups is 1. The molecule has 1 amide bonds. The first kappa shape index (κ1) is 27.3. The summed E-state index contributed by atoms with van der Waals surface area (Å²) in [6.45, 7) is 8.43. The lowest BCUT2D eigenvalue weighted by Gasteiger charge is -2.35. The molecule has 0 bridgehead atoms. The molecule has 0 saturated carbocycles. The number of rotatable bonds is 7. The molecule has 2 aromatic rings. The molecule has 1 saturated heterocycles. The van der Waals surface area contributed by atoms with E-state index in [0.717, 1.165) is 49.5 Å². The van der Waals surface area contributed by atoms with Crippen molar-refractivity contribution in [3.63, 3.8) is 0 Å². The monoisotopic (exact) mass is 571 g/mol. The van der Waals surface area contributed by atoms with Gasteiger partial charge in [0.05, 0.1) is 41.3 Å². The topological polar surface area (TPSA) is 102 Å². The molecule has 0 aliphatic carbocycles. The third-order valence-electron chi connectivity index (χ3n) is 8.43. The average molecular weight is 572 g/mol. The molecule has 214 valence electrons. The number of thioether (sulfide) groups is 1. The number of nitrogens with one attached hydrogen (secondary N) is 5. The van der Waals surface area contributed by atoms with Gasteiger partial charge in [-0.1, -0.05) is 42.6 Å². The number of piperidine rings is 1. The van der Waals surface area contributed by atoms with Crippen LogP contribution in [0, 0.1) is 0 Å². The predicted octanol–water partition coefficient (Wildman–Crippen LogP) is 4.60. The number of hydrogen-bond donors (Lipinski definition) is 5. The number of hydrogen-bond acceptors (Lipinski definition) is 9. The number of carbonyl (C=O) groups excluding carboxylic acids is 1. The molecule has 2 atom stereocenters. The summed E-state index contributed by atoms with van der Waals surface area (Å²) in [6.07, 6.45) is 5.50. The summed E-state index contributed by atoms with van der Waals surface area (Å²) < 4.78 is 5.87. The molecule has 41 heavy (non-hydrogen) atoms. The van der Waals surface area contributed by atoms with Gasteiger partial charge in [-0.05, 0) is 56.0 Å². The second-order valence-corrected chi connectivity index (χ2v) is 11.9. The number of ether oxygens (including phenoxy) is 1. The summed E-state index contributed by atoms with van der Waals surface area (Å²) in [6, 6.07) is 12.9. The van der Waals surface area contributed by atoms with Crippen molar-refractivity contribution < 1.29 is 9.53 Å². The zero-order valence-electron chi connectivity index (χ0n) is 23.7. The number of carbonyl (C=O) groups is 1. The fraction of sp³-hybridized carbons (Fsp3) is 0.355. The average Bonchev–Trinajstić information content (AvgIpc) is 3.62. The zero-order valence-corrected chi connectivity index (χ0v) is 24.5. The summed E-state index contributed by atoms with van der Waals surface area (Å²) in [5, 5.41) is 19.1. The summed E-state index contributed by atoms with van der Waals surface area (Å²) >= 11 is 1.72. The number of nitrogens with zero attached hydrogens (tertiary/aromatic N) is 2. The second-order valence-electron chi connectivity index (χ2n) is 10.9.